The van der Waals surface area contributed by atoms with Crippen LogP contribution in [-0.4, -0.2) is 37.3 Å². The Morgan fingerprint density at radius 2 is 2.20 bits per heavy atom. The first-order valence-corrected chi connectivity index (χ1v) is 7.64. The summed E-state index contributed by atoms with van der Waals surface area (Å²) in [5.41, 5.74) is 0.930. The van der Waals surface area contributed by atoms with E-state index in [1.54, 1.807) is 7.11 Å². The van der Waals surface area contributed by atoms with Gasteiger partial charge >= 0.3 is 0 Å². The van der Waals surface area contributed by atoms with Crippen molar-refractivity contribution in [3.05, 3.63) is 22.8 Å². The van der Waals surface area contributed by atoms with Crippen LogP contribution in [0.3, 0.4) is 0 Å². The Morgan fingerprint density at radius 1 is 1.45 bits per heavy atom. The second kappa shape index (κ2) is 7.25. The molecule has 0 bridgehead atoms. The lowest BCUT2D eigenvalue weighted by atomic mass is 10.2. The molecule has 0 amide bonds. The van der Waals surface area contributed by atoms with E-state index in [2.05, 4.69) is 24.1 Å². The minimum atomic E-state index is 0.378. The van der Waals surface area contributed by atoms with Crippen LogP contribution in [0, 0.1) is 0 Å². The molecule has 0 aromatic carbocycles. The van der Waals surface area contributed by atoms with E-state index in [1.165, 1.54) is 12.8 Å². The van der Waals surface area contributed by atoms with Crippen LogP contribution in [0.5, 0.6) is 0 Å². The number of hydrogen-bond acceptors (Lipinski definition) is 4. The molecule has 20 heavy (non-hydrogen) atoms. The molecule has 0 spiro atoms. The van der Waals surface area contributed by atoms with Crippen molar-refractivity contribution in [3.63, 3.8) is 0 Å². The molecular formula is C15H24ClN3O. The van der Waals surface area contributed by atoms with Crippen LogP contribution in [0.15, 0.2) is 12.1 Å². The average Bonchev–Trinajstić information content (AvgIpc) is 3.23. The van der Waals surface area contributed by atoms with E-state index in [0.29, 0.717) is 18.7 Å². The Balaban J connectivity index is 2.09. The fraction of sp³-hybridized carbons (Fsp3) is 0.667. The molecule has 112 valence electrons. The Labute approximate surface area is 126 Å². The fourth-order valence-electron chi connectivity index (χ4n) is 2.11. The van der Waals surface area contributed by atoms with Gasteiger partial charge in [-0.1, -0.05) is 11.6 Å². The molecule has 0 radical (unpaired) electrons. The second-order valence-corrected chi connectivity index (χ2v) is 5.94. The van der Waals surface area contributed by atoms with E-state index >= 15 is 0 Å². The number of anilines is 1. The van der Waals surface area contributed by atoms with Crippen LogP contribution in [-0.2, 0) is 11.3 Å². The maximum atomic E-state index is 6.24. The van der Waals surface area contributed by atoms with Crippen LogP contribution in [0.1, 0.15) is 32.4 Å². The highest BCUT2D eigenvalue weighted by molar-refractivity contribution is 6.31. The number of methoxy groups -OCH3 is 1. The van der Waals surface area contributed by atoms with Crippen LogP contribution in [0.4, 0.5) is 5.82 Å². The van der Waals surface area contributed by atoms with Crippen LogP contribution in [0.2, 0.25) is 5.02 Å². The van der Waals surface area contributed by atoms with Gasteiger partial charge in [0.15, 0.2) is 0 Å². The highest BCUT2D eigenvalue weighted by atomic mass is 35.5. The third-order valence-corrected chi connectivity index (χ3v) is 3.84. The Kier molecular flexibility index (Phi) is 5.64. The lowest BCUT2D eigenvalue weighted by molar-refractivity contribution is 0.203. The van der Waals surface area contributed by atoms with Crippen molar-refractivity contribution in [1.29, 1.82) is 0 Å². The average molecular weight is 298 g/mol. The van der Waals surface area contributed by atoms with Gasteiger partial charge < -0.3 is 15.0 Å². The van der Waals surface area contributed by atoms with Crippen molar-refractivity contribution < 1.29 is 4.74 Å². The molecular weight excluding hydrogens is 274 g/mol. The van der Waals surface area contributed by atoms with E-state index in [0.717, 1.165) is 29.6 Å². The predicted molar refractivity (Wildman–Crippen MR) is 83.5 cm³/mol. The third-order valence-electron chi connectivity index (χ3n) is 3.49. The van der Waals surface area contributed by atoms with Crippen molar-refractivity contribution in [1.82, 2.24) is 10.3 Å². The van der Waals surface area contributed by atoms with Gasteiger partial charge in [0, 0.05) is 32.3 Å². The number of nitrogens with zero attached hydrogens (tertiary/aromatic N) is 2. The van der Waals surface area contributed by atoms with Crippen LogP contribution < -0.4 is 10.2 Å². The molecule has 0 saturated heterocycles. The molecule has 1 aliphatic carbocycles. The number of pyridine rings is 1. The number of hydrogen-bond donors (Lipinski definition) is 1. The zero-order valence-corrected chi connectivity index (χ0v) is 13.3. The highest BCUT2D eigenvalue weighted by Crippen LogP contribution is 2.23. The summed E-state index contributed by atoms with van der Waals surface area (Å²) in [5.74, 6) is 0.967. The largest absolute Gasteiger partial charge is 0.383 e. The van der Waals surface area contributed by atoms with Gasteiger partial charge in [0.2, 0.25) is 0 Å². The topological polar surface area (TPSA) is 37.4 Å². The SMILES string of the molecule is COCCN(c1ccc(Cl)c(CNC2CC2)n1)C(C)C. The fourth-order valence-corrected chi connectivity index (χ4v) is 2.28. The van der Waals surface area contributed by atoms with Gasteiger partial charge in [-0.3, -0.25) is 0 Å². The number of halogens is 1. The van der Waals surface area contributed by atoms with Crippen molar-refractivity contribution in [2.24, 2.45) is 0 Å². The summed E-state index contributed by atoms with van der Waals surface area (Å²) in [6.45, 7) is 6.59. The molecule has 1 aliphatic rings. The molecule has 1 N–H and O–H groups in total. The summed E-state index contributed by atoms with van der Waals surface area (Å²) in [6, 6.07) is 4.96. The lowest BCUT2D eigenvalue weighted by Crippen LogP contribution is -2.34. The normalized spacial score (nSPS) is 14.8. The predicted octanol–water partition coefficient (Wildman–Crippen LogP) is 2.85. The monoisotopic (exact) mass is 297 g/mol. The molecule has 1 aromatic rings. The summed E-state index contributed by atoms with van der Waals surface area (Å²) >= 11 is 6.24. The van der Waals surface area contributed by atoms with Gasteiger partial charge in [-0.25, -0.2) is 4.98 Å². The first kappa shape index (κ1) is 15.5. The van der Waals surface area contributed by atoms with Crippen molar-refractivity contribution in [2.75, 3.05) is 25.2 Å². The second-order valence-electron chi connectivity index (χ2n) is 5.53. The number of ether oxygens (including phenoxy) is 1. The molecule has 1 heterocycles. The maximum absolute atomic E-state index is 6.24. The van der Waals surface area contributed by atoms with Gasteiger partial charge in [0.1, 0.15) is 5.82 Å². The zero-order valence-electron chi connectivity index (χ0n) is 12.5. The summed E-state index contributed by atoms with van der Waals surface area (Å²) in [7, 11) is 1.72. The minimum absolute atomic E-state index is 0.378. The van der Waals surface area contributed by atoms with Crippen LogP contribution in [0.25, 0.3) is 0 Å². The highest BCUT2D eigenvalue weighted by Gasteiger charge is 2.21. The Hall–Kier alpha value is -0.840. The molecule has 4 nitrogen and oxygen atoms in total. The molecule has 1 saturated carbocycles. The first-order valence-electron chi connectivity index (χ1n) is 7.26. The maximum Gasteiger partial charge on any atom is 0.129 e. The van der Waals surface area contributed by atoms with Gasteiger partial charge in [0.05, 0.1) is 17.3 Å². The third kappa shape index (κ3) is 4.33. The number of rotatable bonds is 8. The smallest absolute Gasteiger partial charge is 0.129 e. The zero-order chi connectivity index (χ0) is 14.5. The standard InChI is InChI=1S/C15H24ClN3O/c1-11(2)19(8-9-20-3)15-7-6-13(16)14(18-15)10-17-12-4-5-12/h6-7,11-12,17H,4-5,8-10H2,1-3H3. The molecule has 0 aliphatic heterocycles. The summed E-state index contributed by atoms with van der Waals surface area (Å²) in [6.07, 6.45) is 2.53. The van der Waals surface area contributed by atoms with Crippen molar-refractivity contribution in [2.45, 2.75) is 45.3 Å². The molecule has 2 rings (SSSR count). The number of aromatic nitrogens is 1. The number of nitrogens with one attached hydrogen (secondary N) is 1. The summed E-state index contributed by atoms with van der Waals surface area (Å²) in [4.78, 5) is 6.96. The van der Waals surface area contributed by atoms with E-state index in [4.69, 9.17) is 21.3 Å². The van der Waals surface area contributed by atoms with Gasteiger partial charge in [-0.05, 0) is 38.8 Å². The van der Waals surface area contributed by atoms with Crippen molar-refractivity contribution in [3.8, 4) is 0 Å². The molecule has 0 unspecified atom stereocenters. The van der Waals surface area contributed by atoms with E-state index in [1.807, 2.05) is 12.1 Å². The summed E-state index contributed by atoms with van der Waals surface area (Å²) < 4.78 is 5.18. The first-order chi connectivity index (χ1) is 9.61. The van der Waals surface area contributed by atoms with E-state index < -0.39 is 0 Å². The minimum Gasteiger partial charge on any atom is -0.383 e. The summed E-state index contributed by atoms with van der Waals surface area (Å²) in [5, 5.41) is 4.20. The Morgan fingerprint density at radius 3 is 2.80 bits per heavy atom. The molecule has 1 fully saturated rings. The van der Waals surface area contributed by atoms with Crippen LogP contribution >= 0.6 is 11.6 Å². The lowest BCUT2D eigenvalue weighted by Gasteiger charge is -2.28. The molecule has 5 heteroatoms. The van der Waals surface area contributed by atoms with E-state index in [-0.39, 0.29) is 0 Å². The quantitative estimate of drug-likeness (QED) is 0.801. The van der Waals surface area contributed by atoms with E-state index in [9.17, 15) is 0 Å². The Bertz CT molecular complexity index is 435. The van der Waals surface area contributed by atoms with Crippen molar-refractivity contribution >= 4 is 17.4 Å². The molecule has 0 atom stereocenters. The van der Waals surface area contributed by atoms with Gasteiger partial charge in [0.25, 0.3) is 0 Å². The van der Waals surface area contributed by atoms with Gasteiger partial charge in [-0.15, -0.1) is 0 Å². The van der Waals surface area contributed by atoms with Gasteiger partial charge in [-0.2, -0.15) is 0 Å². The molecule has 1 aromatic heterocycles.